The van der Waals surface area contributed by atoms with E-state index in [-0.39, 0.29) is 6.04 Å². The molecule has 3 rings (SSSR count). The van der Waals surface area contributed by atoms with Crippen LogP contribution in [0.1, 0.15) is 49.4 Å². The number of esters is 1. The van der Waals surface area contributed by atoms with Gasteiger partial charge >= 0.3 is 12.1 Å². The molecular weight excluding hydrogens is 487 g/mol. The molecule has 3 atom stereocenters. The summed E-state index contributed by atoms with van der Waals surface area (Å²) in [5, 5.41) is 14.4. The highest BCUT2D eigenvalue weighted by atomic mass is 35.5. The van der Waals surface area contributed by atoms with Crippen molar-refractivity contribution in [1.29, 1.82) is 0 Å². The third kappa shape index (κ3) is 5.56. The summed E-state index contributed by atoms with van der Waals surface area (Å²) in [4.78, 5) is 13.4. The number of aliphatic hydroxyl groups is 1. The van der Waals surface area contributed by atoms with Gasteiger partial charge in [-0.05, 0) is 54.0 Å². The van der Waals surface area contributed by atoms with Gasteiger partial charge in [0.15, 0.2) is 5.60 Å². The molecule has 0 amide bonds. The maximum Gasteiger partial charge on any atom is 0.417 e. The largest absolute Gasteiger partial charge is 0.460 e. The Hall–Kier alpha value is -1.74. The Morgan fingerprint density at radius 2 is 1.91 bits per heavy atom. The van der Waals surface area contributed by atoms with Gasteiger partial charge < -0.3 is 15.2 Å². The molecule has 4 nitrogen and oxygen atoms in total. The molecule has 0 radical (unpaired) electrons. The summed E-state index contributed by atoms with van der Waals surface area (Å²) in [5.41, 5.74) is -1.84. The number of benzene rings is 2. The molecule has 0 bridgehead atoms. The van der Waals surface area contributed by atoms with Crippen LogP contribution in [-0.2, 0) is 21.4 Å². The number of hydrogen-bond acceptors (Lipinski definition) is 5. The van der Waals surface area contributed by atoms with Gasteiger partial charge in [0.2, 0.25) is 0 Å². The van der Waals surface area contributed by atoms with Gasteiger partial charge in [0.1, 0.15) is 6.10 Å². The molecule has 186 valence electrons. The summed E-state index contributed by atoms with van der Waals surface area (Å²) in [6, 6.07) is 12.1. The molecule has 0 fully saturated rings. The molecule has 2 aromatic rings. The van der Waals surface area contributed by atoms with Gasteiger partial charge in [-0.25, -0.2) is 0 Å². The normalized spacial score (nSPS) is 20.0. The molecule has 2 N–H and O–H groups in total. The van der Waals surface area contributed by atoms with Crippen LogP contribution in [0.3, 0.4) is 0 Å². The Labute approximate surface area is 207 Å². The second kappa shape index (κ2) is 10.1. The number of ether oxygens (including phenoxy) is 1. The molecule has 0 saturated heterocycles. The molecule has 0 unspecified atom stereocenters. The summed E-state index contributed by atoms with van der Waals surface area (Å²) in [5.74, 6) is -1.09. The van der Waals surface area contributed by atoms with Crippen LogP contribution in [0.25, 0.3) is 0 Å². The number of halogens is 4. The molecule has 0 aromatic heterocycles. The van der Waals surface area contributed by atoms with Gasteiger partial charge in [-0.3, -0.25) is 4.79 Å². The first-order chi connectivity index (χ1) is 15.8. The van der Waals surface area contributed by atoms with Gasteiger partial charge in [-0.2, -0.15) is 13.2 Å². The molecule has 1 aliphatic rings. The van der Waals surface area contributed by atoms with Crippen LogP contribution in [-0.4, -0.2) is 42.3 Å². The lowest BCUT2D eigenvalue weighted by Crippen LogP contribution is -2.51. The Balaban J connectivity index is 1.81. The zero-order chi connectivity index (χ0) is 25.3. The van der Waals surface area contributed by atoms with Crippen molar-refractivity contribution in [2.45, 2.75) is 67.3 Å². The summed E-state index contributed by atoms with van der Waals surface area (Å²) >= 11 is 7.41. The number of alkyl halides is 3. The van der Waals surface area contributed by atoms with E-state index in [1.807, 2.05) is 24.3 Å². The van der Waals surface area contributed by atoms with Crippen LogP contribution in [0.2, 0.25) is 5.02 Å². The minimum absolute atomic E-state index is 0.325. The Kier molecular flexibility index (Phi) is 7.97. The fraction of sp³-hybridized carbons (Fsp3) is 0.480. The third-order valence-corrected chi connectivity index (χ3v) is 7.38. The lowest BCUT2D eigenvalue weighted by atomic mass is 9.74. The Morgan fingerprint density at radius 3 is 2.53 bits per heavy atom. The minimum Gasteiger partial charge on any atom is -0.460 e. The van der Waals surface area contributed by atoms with Crippen molar-refractivity contribution in [3.63, 3.8) is 0 Å². The van der Waals surface area contributed by atoms with E-state index in [9.17, 15) is 23.1 Å². The van der Waals surface area contributed by atoms with Crippen molar-refractivity contribution in [3.8, 4) is 0 Å². The van der Waals surface area contributed by atoms with Crippen LogP contribution in [0, 0.1) is 0 Å². The van der Waals surface area contributed by atoms with Gasteiger partial charge in [0, 0.05) is 16.3 Å². The fourth-order valence-electron chi connectivity index (χ4n) is 4.77. The van der Waals surface area contributed by atoms with Gasteiger partial charge in [-0.15, -0.1) is 11.8 Å². The highest BCUT2D eigenvalue weighted by Gasteiger charge is 2.57. The van der Waals surface area contributed by atoms with Gasteiger partial charge in [0.25, 0.3) is 0 Å². The van der Waals surface area contributed by atoms with E-state index in [4.69, 9.17) is 16.3 Å². The van der Waals surface area contributed by atoms with Crippen LogP contribution < -0.4 is 5.32 Å². The molecule has 9 heteroatoms. The summed E-state index contributed by atoms with van der Waals surface area (Å²) in [6.45, 7) is 3.23. The minimum atomic E-state index is -5.03. The first kappa shape index (κ1) is 26.9. The first-order valence-electron chi connectivity index (χ1n) is 10.9. The number of hydrogen-bond donors (Lipinski definition) is 2. The number of thioether (sulfide) groups is 1. The summed E-state index contributed by atoms with van der Waals surface area (Å²) < 4.78 is 47.9. The van der Waals surface area contributed by atoms with Crippen molar-refractivity contribution < 1.29 is 27.8 Å². The number of nitrogens with one attached hydrogen (secondary N) is 1. The molecule has 0 saturated carbocycles. The van der Waals surface area contributed by atoms with Crippen molar-refractivity contribution in [2.75, 3.05) is 13.3 Å². The highest BCUT2D eigenvalue weighted by Crippen LogP contribution is 2.45. The molecule has 2 aromatic carbocycles. The second-order valence-corrected chi connectivity index (χ2v) is 10.6. The van der Waals surface area contributed by atoms with Gasteiger partial charge in [-0.1, -0.05) is 55.8 Å². The predicted molar refractivity (Wildman–Crippen MR) is 128 cm³/mol. The topological polar surface area (TPSA) is 58.6 Å². The summed E-state index contributed by atoms with van der Waals surface area (Å²) in [7, 11) is 1.71. The Morgan fingerprint density at radius 1 is 1.24 bits per heavy atom. The van der Waals surface area contributed by atoms with Crippen LogP contribution >= 0.6 is 23.4 Å². The number of likely N-dealkylation sites (N-methyl/N-ethyl adjacent to an activating group) is 1. The molecule has 0 heterocycles. The van der Waals surface area contributed by atoms with Gasteiger partial charge in [0.05, 0.1) is 12.5 Å². The average Bonchev–Trinajstić information content (AvgIpc) is 3.08. The van der Waals surface area contributed by atoms with Crippen molar-refractivity contribution >= 4 is 29.3 Å². The van der Waals surface area contributed by atoms with Crippen LogP contribution in [0.4, 0.5) is 13.2 Å². The number of rotatable bonds is 8. The van der Waals surface area contributed by atoms with E-state index < -0.39 is 42.1 Å². The standard InChI is InChI=1S/C25H29ClF3NO3S/c1-23(2,18-10-9-16(26)12-20(18)34-4)14-24(32,25(27,28)29)13-21(31)33-19-11-15-7-5-6-8-17(15)22(19)30-3/h5-10,12,19,22,30,32H,11,13-14H2,1-4H3/t19-,22+,24+/m1/s1. The zero-order valence-electron chi connectivity index (χ0n) is 19.5. The van der Waals surface area contributed by atoms with Crippen molar-refractivity contribution in [3.05, 3.63) is 64.2 Å². The first-order valence-corrected chi connectivity index (χ1v) is 12.5. The number of fused-ring (bicyclic) bond motifs is 1. The third-order valence-electron chi connectivity index (χ3n) is 6.37. The maximum absolute atomic E-state index is 14.1. The molecule has 1 aliphatic carbocycles. The number of carbonyl (C=O) groups excluding carboxylic acids is 1. The lowest BCUT2D eigenvalue weighted by molar-refractivity contribution is -0.270. The van der Waals surface area contributed by atoms with E-state index in [1.54, 1.807) is 45.4 Å². The van der Waals surface area contributed by atoms with E-state index in [2.05, 4.69) is 5.32 Å². The van der Waals surface area contributed by atoms with Crippen molar-refractivity contribution in [1.82, 2.24) is 5.32 Å². The van der Waals surface area contributed by atoms with Crippen LogP contribution in [0.15, 0.2) is 47.4 Å². The van der Waals surface area contributed by atoms with E-state index in [1.165, 1.54) is 11.8 Å². The number of carbonyl (C=O) groups is 1. The van der Waals surface area contributed by atoms with E-state index in [0.717, 1.165) is 11.1 Å². The Bertz CT molecular complexity index is 1050. The monoisotopic (exact) mass is 515 g/mol. The predicted octanol–water partition coefficient (Wildman–Crippen LogP) is 5.84. The van der Waals surface area contributed by atoms with Crippen molar-refractivity contribution in [2.24, 2.45) is 0 Å². The molecule has 0 spiro atoms. The van der Waals surface area contributed by atoms with Crippen LogP contribution in [0.5, 0.6) is 0 Å². The van der Waals surface area contributed by atoms with E-state index in [0.29, 0.717) is 21.9 Å². The second-order valence-electron chi connectivity index (χ2n) is 9.31. The average molecular weight is 516 g/mol. The zero-order valence-corrected chi connectivity index (χ0v) is 21.1. The van der Waals surface area contributed by atoms with E-state index >= 15 is 0 Å². The smallest absolute Gasteiger partial charge is 0.417 e. The SMILES string of the molecule is CN[C@H]1c2ccccc2C[C@H]1OC(=O)C[C@](O)(CC(C)(C)c1ccc(Cl)cc1SC)C(F)(F)F. The maximum atomic E-state index is 14.1. The highest BCUT2D eigenvalue weighted by molar-refractivity contribution is 7.98. The summed E-state index contributed by atoms with van der Waals surface area (Å²) in [6.07, 6.45) is -5.39. The lowest BCUT2D eigenvalue weighted by Gasteiger charge is -2.38. The quantitative estimate of drug-likeness (QED) is 0.341. The molecule has 0 aliphatic heterocycles. The molecule has 34 heavy (non-hydrogen) atoms. The fourth-order valence-corrected chi connectivity index (χ4v) is 5.82. The molecular formula is C25H29ClF3NO3S.